The third-order valence-electron chi connectivity index (χ3n) is 4.61. The fourth-order valence-electron chi connectivity index (χ4n) is 3.29. The number of alkyl halides is 3. The van der Waals surface area contributed by atoms with Crippen LogP contribution < -0.4 is 0 Å². The van der Waals surface area contributed by atoms with Gasteiger partial charge in [0.2, 0.25) is 0 Å². The molecule has 1 aliphatic rings. The van der Waals surface area contributed by atoms with E-state index in [2.05, 4.69) is 10.3 Å². The Morgan fingerprint density at radius 2 is 1.79 bits per heavy atom. The number of amides is 1. The van der Waals surface area contributed by atoms with Crippen molar-refractivity contribution in [2.24, 2.45) is 0 Å². The zero-order chi connectivity index (χ0) is 19.9. The predicted octanol–water partition coefficient (Wildman–Crippen LogP) is 3.62. The molecule has 0 saturated heterocycles. The van der Waals surface area contributed by atoms with Crippen LogP contribution in [0.25, 0.3) is 5.69 Å². The lowest BCUT2D eigenvalue weighted by Crippen LogP contribution is -2.37. The van der Waals surface area contributed by atoms with Crippen molar-refractivity contribution in [3.63, 3.8) is 0 Å². The average molecular weight is 390 g/mol. The quantitative estimate of drug-likeness (QED) is 0.628. The number of benzene rings is 2. The summed E-state index contributed by atoms with van der Waals surface area (Å²) in [5, 5.41) is 6.99. The van der Waals surface area contributed by atoms with Crippen molar-refractivity contribution in [1.29, 1.82) is 0 Å². The molecule has 4 rings (SSSR count). The van der Waals surface area contributed by atoms with E-state index >= 15 is 0 Å². The SMILES string of the molecule is O=C(c1nnn(-c2cccc(F)c2)c1C(F)(F)F)N1CCc2ccccc2C1. The Hall–Kier alpha value is -3.23. The lowest BCUT2D eigenvalue weighted by Gasteiger charge is -2.28. The summed E-state index contributed by atoms with van der Waals surface area (Å²) in [6.45, 7) is 0.471. The predicted molar refractivity (Wildman–Crippen MR) is 91.2 cm³/mol. The summed E-state index contributed by atoms with van der Waals surface area (Å²) in [6, 6.07) is 12.0. The maximum atomic E-state index is 13.7. The minimum absolute atomic E-state index is 0.164. The Morgan fingerprint density at radius 1 is 1.04 bits per heavy atom. The Bertz CT molecular complexity index is 1040. The first-order chi connectivity index (χ1) is 13.3. The molecule has 0 bridgehead atoms. The van der Waals surface area contributed by atoms with E-state index in [-0.39, 0.29) is 18.8 Å². The molecule has 9 heteroatoms. The van der Waals surface area contributed by atoms with Gasteiger partial charge >= 0.3 is 6.18 Å². The number of halogens is 4. The van der Waals surface area contributed by atoms with E-state index in [0.29, 0.717) is 11.1 Å². The van der Waals surface area contributed by atoms with Crippen molar-refractivity contribution in [2.45, 2.75) is 19.1 Å². The number of nitrogens with zero attached hydrogens (tertiary/aromatic N) is 4. The van der Waals surface area contributed by atoms with Gasteiger partial charge in [-0.25, -0.2) is 9.07 Å². The van der Waals surface area contributed by atoms with Crippen LogP contribution in [-0.4, -0.2) is 32.3 Å². The van der Waals surface area contributed by atoms with E-state index in [9.17, 15) is 22.4 Å². The van der Waals surface area contributed by atoms with E-state index in [1.165, 1.54) is 17.0 Å². The van der Waals surface area contributed by atoms with Gasteiger partial charge in [0.1, 0.15) is 5.82 Å². The van der Waals surface area contributed by atoms with Gasteiger partial charge in [-0.15, -0.1) is 5.10 Å². The van der Waals surface area contributed by atoms with Gasteiger partial charge in [0.05, 0.1) is 5.69 Å². The highest BCUT2D eigenvalue weighted by Gasteiger charge is 2.43. The minimum Gasteiger partial charge on any atom is -0.333 e. The summed E-state index contributed by atoms with van der Waals surface area (Å²) in [4.78, 5) is 14.1. The number of rotatable bonds is 2. The molecule has 1 aromatic heterocycles. The molecular weight excluding hydrogens is 376 g/mol. The van der Waals surface area contributed by atoms with Crippen molar-refractivity contribution in [3.05, 3.63) is 76.9 Å². The number of hydrogen-bond donors (Lipinski definition) is 0. The molecule has 144 valence electrons. The molecule has 1 amide bonds. The molecule has 0 N–H and O–H groups in total. The minimum atomic E-state index is -4.89. The Balaban J connectivity index is 1.73. The van der Waals surface area contributed by atoms with Crippen molar-refractivity contribution < 1.29 is 22.4 Å². The molecule has 0 unspecified atom stereocenters. The van der Waals surface area contributed by atoms with Gasteiger partial charge in [-0.05, 0) is 35.7 Å². The van der Waals surface area contributed by atoms with Gasteiger partial charge in [-0.3, -0.25) is 4.79 Å². The second-order valence-electron chi connectivity index (χ2n) is 6.42. The van der Waals surface area contributed by atoms with Gasteiger partial charge in [-0.2, -0.15) is 13.2 Å². The Kier molecular flexibility index (Phi) is 4.37. The van der Waals surface area contributed by atoms with Crippen LogP contribution in [0.15, 0.2) is 48.5 Å². The fourth-order valence-corrected chi connectivity index (χ4v) is 3.29. The van der Waals surface area contributed by atoms with Crippen LogP contribution >= 0.6 is 0 Å². The van der Waals surface area contributed by atoms with Crippen molar-refractivity contribution >= 4 is 5.91 Å². The zero-order valence-corrected chi connectivity index (χ0v) is 14.4. The lowest BCUT2D eigenvalue weighted by atomic mass is 9.99. The second-order valence-corrected chi connectivity index (χ2v) is 6.42. The molecule has 2 heterocycles. The van der Waals surface area contributed by atoms with Crippen LogP contribution in [-0.2, 0) is 19.1 Å². The fraction of sp³-hybridized carbons (Fsp3) is 0.211. The zero-order valence-electron chi connectivity index (χ0n) is 14.4. The number of fused-ring (bicyclic) bond motifs is 1. The molecule has 0 aliphatic carbocycles. The third-order valence-corrected chi connectivity index (χ3v) is 4.61. The van der Waals surface area contributed by atoms with Gasteiger partial charge in [-0.1, -0.05) is 35.5 Å². The standard InChI is InChI=1S/C19H14F4N4O/c20-14-6-3-7-15(10-14)27-17(19(21,22)23)16(24-25-27)18(28)26-9-8-12-4-1-2-5-13(12)11-26/h1-7,10H,8-9,11H2. The number of aromatic nitrogens is 3. The van der Waals surface area contributed by atoms with Gasteiger partial charge in [0.15, 0.2) is 11.4 Å². The Labute approximate surface area is 157 Å². The summed E-state index contributed by atoms with van der Waals surface area (Å²) in [5.74, 6) is -1.58. The van der Waals surface area contributed by atoms with Crippen molar-refractivity contribution in [3.8, 4) is 5.69 Å². The topological polar surface area (TPSA) is 51.0 Å². The smallest absolute Gasteiger partial charge is 0.333 e. The van der Waals surface area contributed by atoms with Crippen LogP contribution in [0.3, 0.4) is 0 Å². The number of hydrogen-bond acceptors (Lipinski definition) is 3. The van der Waals surface area contributed by atoms with Crippen molar-refractivity contribution in [1.82, 2.24) is 19.9 Å². The van der Waals surface area contributed by atoms with Gasteiger partial charge in [0, 0.05) is 13.1 Å². The second kappa shape index (κ2) is 6.74. The highest BCUT2D eigenvalue weighted by Crippen LogP contribution is 2.34. The molecule has 0 fully saturated rings. The summed E-state index contributed by atoms with van der Waals surface area (Å²) in [6.07, 6.45) is -4.35. The van der Waals surface area contributed by atoms with Crippen LogP contribution in [0.1, 0.15) is 27.3 Å². The molecule has 0 radical (unpaired) electrons. The molecule has 0 saturated carbocycles. The lowest BCUT2D eigenvalue weighted by molar-refractivity contribution is -0.143. The van der Waals surface area contributed by atoms with Crippen LogP contribution in [0.2, 0.25) is 0 Å². The molecule has 0 atom stereocenters. The van der Waals surface area contributed by atoms with E-state index in [4.69, 9.17) is 0 Å². The summed E-state index contributed by atoms with van der Waals surface area (Å²) in [5.41, 5.74) is -0.333. The normalized spacial score (nSPS) is 14.1. The van der Waals surface area contributed by atoms with E-state index in [1.807, 2.05) is 24.3 Å². The maximum Gasteiger partial charge on any atom is 0.435 e. The summed E-state index contributed by atoms with van der Waals surface area (Å²) >= 11 is 0. The summed E-state index contributed by atoms with van der Waals surface area (Å²) < 4.78 is 55.1. The van der Waals surface area contributed by atoms with Gasteiger partial charge < -0.3 is 4.90 Å². The highest BCUT2D eigenvalue weighted by molar-refractivity contribution is 5.93. The van der Waals surface area contributed by atoms with Crippen LogP contribution in [0.5, 0.6) is 0 Å². The Morgan fingerprint density at radius 3 is 2.50 bits per heavy atom. The molecular formula is C19H14F4N4O. The van der Waals surface area contributed by atoms with E-state index in [0.717, 1.165) is 23.3 Å². The summed E-state index contributed by atoms with van der Waals surface area (Å²) in [7, 11) is 0. The first-order valence-electron chi connectivity index (χ1n) is 8.49. The van der Waals surface area contributed by atoms with E-state index in [1.54, 1.807) is 0 Å². The average Bonchev–Trinajstić information content (AvgIpc) is 3.13. The monoisotopic (exact) mass is 390 g/mol. The molecule has 28 heavy (non-hydrogen) atoms. The molecule has 1 aliphatic heterocycles. The largest absolute Gasteiger partial charge is 0.435 e. The van der Waals surface area contributed by atoms with Crippen LogP contribution in [0, 0.1) is 5.82 Å². The molecule has 2 aromatic carbocycles. The number of carbonyl (C=O) groups is 1. The number of carbonyl (C=O) groups excluding carboxylic acids is 1. The van der Waals surface area contributed by atoms with Crippen LogP contribution in [0.4, 0.5) is 17.6 Å². The van der Waals surface area contributed by atoms with Gasteiger partial charge in [0.25, 0.3) is 5.91 Å². The molecule has 3 aromatic rings. The molecule has 5 nitrogen and oxygen atoms in total. The molecule has 0 spiro atoms. The maximum absolute atomic E-state index is 13.7. The highest BCUT2D eigenvalue weighted by atomic mass is 19.4. The first-order valence-corrected chi connectivity index (χ1v) is 8.49. The third kappa shape index (κ3) is 3.23. The van der Waals surface area contributed by atoms with Crippen molar-refractivity contribution in [2.75, 3.05) is 6.54 Å². The van der Waals surface area contributed by atoms with E-state index < -0.39 is 29.3 Å². The first kappa shape index (κ1) is 18.1.